The Bertz CT molecular complexity index is 136. The van der Waals surface area contributed by atoms with Gasteiger partial charge in [0.1, 0.15) is 4.32 Å². The summed E-state index contributed by atoms with van der Waals surface area (Å²) < 4.78 is 1.02. The van der Waals surface area contributed by atoms with Crippen LogP contribution in [0.2, 0.25) is 0 Å². The van der Waals surface area contributed by atoms with Gasteiger partial charge in [0.2, 0.25) is 0 Å². The second-order valence-electron chi connectivity index (χ2n) is 2.34. The van der Waals surface area contributed by atoms with Crippen LogP contribution in [0, 0.1) is 0 Å². The van der Waals surface area contributed by atoms with Gasteiger partial charge < -0.3 is 4.90 Å². The van der Waals surface area contributed by atoms with E-state index in [0.29, 0.717) is 0 Å². The van der Waals surface area contributed by atoms with Gasteiger partial charge in [-0.15, -0.1) is 0 Å². The van der Waals surface area contributed by atoms with Crippen molar-refractivity contribution in [2.24, 2.45) is 0 Å². The lowest BCUT2D eigenvalue weighted by Crippen LogP contribution is -2.26. The fourth-order valence-corrected chi connectivity index (χ4v) is 4.40. The molecule has 0 saturated carbocycles. The molecule has 0 aromatic rings. The van der Waals surface area contributed by atoms with Crippen molar-refractivity contribution in [3.8, 4) is 0 Å². The van der Waals surface area contributed by atoms with Crippen LogP contribution in [-0.4, -0.2) is 40.1 Å². The number of hydrogen-bond donors (Lipinski definition) is 0. The molecule has 5 heteroatoms. The Morgan fingerprint density at radius 2 is 1.85 bits per heavy atom. The third-order valence-electron chi connectivity index (χ3n) is 1.52. The molecule has 0 radical (unpaired) electrons. The molecule has 0 spiro atoms. The monoisotopic (exact) mass is 255 g/mol. The third kappa shape index (κ3) is 6.94. The van der Waals surface area contributed by atoms with Gasteiger partial charge >= 0.3 is 0 Å². The van der Waals surface area contributed by atoms with Crippen LogP contribution in [0.4, 0.5) is 0 Å². The molecule has 0 bridgehead atoms. The van der Waals surface area contributed by atoms with E-state index in [4.69, 9.17) is 12.2 Å². The molecule has 0 aromatic carbocycles. The predicted molar refractivity (Wildman–Crippen MR) is 74.0 cm³/mol. The molecule has 0 fully saturated rings. The normalized spacial score (nSPS) is 10.1. The Morgan fingerprint density at radius 3 is 2.31 bits per heavy atom. The fourth-order valence-electron chi connectivity index (χ4n) is 0.744. The first-order valence-electron chi connectivity index (χ1n) is 4.33. The fraction of sp³-hybridized carbons (Fsp3) is 0.875. The molecule has 0 saturated heterocycles. The van der Waals surface area contributed by atoms with Crippen molar-refractivity contribution < 1.29 is 0 Å². The van der Waals surface area contributed by atoms with E-state index in [1.165, 1.54) is 11.5 Å². The lowest BCUT2D eigenvalue weighted by atomic mass is 10.6. The molecule has 1 nitrogen and oxygen atoms in total. The maximum absolute atomic E-state index is 5.28. The molecule has 0 atom stereocenters. The van der Waals surface area contributed by atoms with Gasteiger partial charge in [-0.05, 0) is 30.9 Å². The molecule has 0 N–H and O–H groups in total. The number of rotatable bonds is 6. The molecule has 0 aliphatic rings. The smallest absolute Gasteiger partial charge is 0.147 e. The van der Waals surface area contributed by atoms with Crippen LogP contribution in [-0.2, 0) is 0 Å². The van der Waals surface area contributed by atoms with Crippen molar-refractivity contribution in [2.75, 3.05) is 30.9 Å². The molecule has 78 valence electrons. The van der Waals surface area contributed by atoms with Crippen LogP contribution >= 0.6 is 45.6 Å². The van der Waals surface area contributed by atoms with Crippen molar-refractivity contribution in [2.45, 2.75) is 13.8 Å². The van der Waals surface area contributed by atoms with Crippen LogP contribution in [0.25, 0.3) is 0 Å². The number of thioether (sulfide) groups is 1. The Labute approximate surface area is 99.2 Å². The molecule has 0 aliphatic carbocycles. The highest BCUT2D eigenvalue weighted by Gasteiger charge is 2.05. The van der Waals surface area contributed by atoms with Gasteiger partial charge in [0.05, 0.1) is 0 Å². The number of thiocarbonyl (C=S) groups is 1. The molecule has 0 aliphatic heterocycles. The Morgan fingerprint density at radius 1 is 1.23 bits per heavy atom. The lowest BCUT2D eigenvalue weighted by Gasteiger charge is -2.20. The van der Waals surface area contributed by atoms with Crippen molar-refractivity contribution in [1.82, 2.24) is 4.90 Å². The average molecular weight is 255 g/mol. The van der Waals surface area contributed by atoms with Gasteiger partial charge in [-0.25, -0.2) is 0 Å². The summed E-state index contributed by atoms with van der Waals surface area (Å²) in [7, 11) is 3.59. The Balaban J connectivity index is 3.48. The number of hydrogen-bond acceptors (Lipinski definition) is 4. The minimum Gasteiger partial charge on any atom is -0.357 e. The largest absolute Gasteiger partial charge is 0.357 e. The van der Waals surface area contributed by atoms with E-state index in [9.17, 15) is 0 Å². The van der Waals surface area contributed by atoms with E-state index < -0.39 is 0 Å². The van der Waals surface area contributed by atoms with E-state index in [-0.39, 0.29) is 0 Å². The van der Waals surface area contributed by atoms with Crippen molar-refractivity contribution >= 4 is 49.9 Å². The van der Waals surface area contributed by atoms with Gasteiger partial charge in [0.15, 0.2) is 0 Å². The standard InChI is InChI=1S/C8H17NS4/c1-4-9(5-2)8(10)13-12-7-6-11-3/h4-7H2,1-3H3. The zero-order valence-electron chi connectivity index (χ0n) is 8.41. The summed E-state index contributed by atoms with van der Waals surface area (Å²) in [6.07, 6.45) is 2.13. The van der Waals surface area contributed by atoms with Crippen molar-refractivity contribution in [3.05, 3.63) is 0 Å². The zero-order chi connectivity index (χ0) is 10.1. The maximum atomic E-state index is 5.28. The summed E-state index contributed by atoms with van der Waals surface area (Å²) in [6.45, 7) is 6.32. The molecule has 0 amide bonds. The summed E-state index contributed by atoms with van der Waals surface area (Å²) in [5.41, 5.74) is 0. The highest BCUT2D eigenvalue weighted by molar-refractivity contribution is 8.83. The van der Waals surface area contributed by atoms with E-state index in [1.807, 2.05) is 22.6 Å². The first kappa shape index (κ1) is 13.9. The summed E-state index contributed by atoms with van der Waals surface area (Å²) in [5, 5.41) is 0. The topological polar surface area (TPSA) is 3.24 Å². The second kappa shape index (κ2) is 9.49. The van der Waals surface area contributed by atoms with E-state index in [1.54, 1.807) is 10.8 Å². The van der Waals surface area contributed by atoms with Crippen LogP contribution < -0.4 is 0 Å². The molecule has 0 rings (SSSR count). The van der Waals surface area contributed by atoms with Gasteiger partial charge in [0, 0.05) is 24.6 Å². The van der Waals surface area contributed by atoms with E-state index in [0.717, 1.165) is 17.4 Å². The Hall–Kier alpha value is 0.940. The molecular formula is C8H17NS4. The van der Waals surface area contributed by atoms with Crippen LogP contribution in [0.15, 0.2) is 0 Å². The average Bonchev–Trinajstić information content (AvgIpc) is 2.14. The van der Waals surface area contributed by atoms with Gasteiger partial charge in [-0.2, -0.15) is 11.8 Å². The van der Waals surface area contributed by atoms with E-state index in [2.05, 4.69) is 25.0 Å². The predicted octanol–water partition coefficient (Wildman–Crippen LogP) is 3.36. The summed E-state index contributed by atoms with van der Waals surface area (Å²) in [4.78, 5) is 2.21. The quantitative estimate of drug-likeness (QED) is 0.405. The van der Waals surface area contributed by atoms with Crippen LogP contribution in [0.1, 0.15) is 13.8 Å². The van der Waals surface area contributed by atoms with Crippen molar-refractivity contribution in [3.63, 3.8) is 0 Å². The minimum absolute atomic E-state index is 1.02. The molecule has 13 heavy (non-hydrogen) atoms. The maximum Gasteiger partial charge on any atom is 0.147 e. The summed E-state index contributed by atoms with van der Waals surface area (Å²) in [6, 6.07) is 0. The lowest BCUT2D eigenvalue weighted by molar-refractivity contribution is 0.482. The first-order valence-corrected chi connectivity index (χ1v) is 8.45. The molecule has 0 heterocycles. The van der Waals surface area contributed by atoms with Gasteiger partial charge in [0.25, 0.3) is 0 Å². The van der Waals surface area contributed by atoms with Gasteiger partial charge in [-0.3, -0.25) is 0 Å². The second-order valence-corrected chi connectivity index (χ2v) is 6.37. The highest BCUT2D eigenvalue weighted by Crippen LogP contribution is 2.25. The van der Waals surface area contributed by atoms with Crippen LogP contribution in [0.5, 0.6) is 0 Å². The molecule has 0 unspecified atom stereocenters. The highest BCUT2D eigenvalue weighted by atomic mass is 33.1. The zero-order valence-corrected chi connectivity index (χ0v) is 11.7. The molecule has 0 aromatic heterocycles. The van der Waals surface area contributed by atoms with Gasteiger partial charge in [-0.1, -0.05) is 23.0 Å². The first-order chi connectivity index (χ1) is 6.26. The summed E-state index contributed by atoms with van der Waals surface area (Å²) in [5.74, 6) is 2.38. The van der Waals surface area contributed by atoms with Crippen LogP contribution in [0.3, 0.4) is 0 Å². The third-order valence-corrected chi connectivity index (χ3v) is 5.43. The van der Waals surface area contributed by atoms with E-state index >= 15 is 0 Å². The summed E-state index contributed by atoms with van der Waals surface area (Å²) >= 11 is 7.17. The SMILES string of the molecule is CCN(CC)C(=S)SSCCSC. The molecular weight excluding hydrogens is 238 g/mol. The minimum atomic E-state index is 1.02. The Kier molecular flexibility index (Phi) is 10.2. The number of nitrogens with zero attached hydrogens (tertiary/aromatic N) is 1. The van der Waals surface area contributed by atoms with Crippen molar-refractivity contribution in [1.29, 1.82) is 0 Å².